The SMILES string of the molecule is CCCCCc1ccc(-c2nc(C)c(C(=O)NC(CCN)C(=O)N(C)C3C(=O)NC(C)C(=O)NC(C(=O)NCC#N)Cc4ccc(O)c(c4)-c4cc3ccc4OCCN)c(C)n2)cc1. The van der Waals surface area contributed by atoms with Crippen LogP contribution >= 0.6 is 0 Å². The van der Waals surface area contributed by atoms with Crippen molar-refractivity contribution in [1.82, 2.24) is 36.1 Å². The zero-order valence-electron chi connectivity index (χ0n) is 37.0. The number of ether oxygens (including phenoxy) is 1. The lowest BCUT2D eigenvalue weighted by Gasteiger charge is -2.32. The third-order valence-corrected chi connectivity index (χ3v) is 11.0. The van der Waals surface area contributed by atoms with Gasteiger partial charge in [-0.05, 0) is 87.5 Å². The van der Waals surface area contributed by atoms with Gasteiger partial charge in [0, 0.05) is 36.7 Å². The van der Waals surface area contributed by atoms with Gasteiger partial charge in [-0.2, -0.15) is 5.26 Å². The van der Waals surface area contributed by atoms with Crippen LogP contribution in [0.3, 0.4) is 0 Å². The number of hydrogen-bond donors (Lipinski definition) is 7. The van der Waals surface area contributed by atoms with Gasteiger partial charge in [-0.25, -0.2) is 9.97 Å². The Morgan fingerprint density at radius 1 is 0.969 bits per heavy atom. The highest BCUT2D eigenvalue weighted by Gasteiger charge is 2.36. The first-order chi connectivity index (χ1) is 30.7. The van der Waals surface area contributed by atoms with Crippen LogP contribution in [0.1, 0.15) is 84.0 Å². The molecule has 4 atom stereocenters. The van der Waals surface area contributed by atoms with Gasteiger partial charge < -0.3 is 47.5 Å². The van der Waals surface area contributed by atoms with Crippen molar-refractivity contribution in [2.24, 2.45) is 11.5 Å². The predicted molar refractivity (Wildman–Crippen MR) is 241 cm³/mol. The van der Waals surface area contributed by atoms with E-state index in [4.69, 9.17) is 21.5 Å². The summed E-state index contributed by atoms with van der Waals surface area (Å²) in [6.07, 6.45) is 4.35. The molecule has 9 N–H and O–H groups in total. The molecule has 17 nitrogen and oxygen atoms in total. The van der Waals surface area contributed by atoms with Crippen molar-refractivity contribution in [2.75, 3.05) is 33.3 Å². The average Bonchev–Trinajstić information content (AvgIpc) is 3.27. The lowest BCUT2D eigenvalue weighted by molar-refractivity contribution is -0.141. The number of phenolic OH excluding ortho intramolecular Hbond substituents is 1. The highest BCUT2D eigenvalue weighted by molar-refractivity contribution is 6.00. The number of unbranched alkanes of at least 4 members (excludes halogenated alkanes) is 2. The summed E-state index contributed by atoms with van der Waals surface area (Å²) < 4.78 is 5.98. The molecule has 3 aromatic carbocycles. The number of nitrogens with one attached hydrogen (secondary N) is 4. The van der Waals surface area contributed by atoms with E-state index in [0.29, 0.717) is 34.1 Å². The molecule has 17 heteroatoms. The minimum Gasteiger partial charge on any atom is -0.507 e. The number of benzene rings is 3. The Balaban J connectivity index is 1.51. The van der Waals surface area contributed by atoms with Gasteiger partial charge >= 0.3 is 0 Å². The van der Waals surface area contributed by atoms with Gasteiger partial charge in [0.05, 0.1) is 23.0 Å². The number of likely N-dealkylation sites (N-methyl/N-ethyl adjacent to an activating group) is 1. The zero-order chi connectivity index (χ0) is 46.5. The summed E-state index contributed by atoms with van der Waals surface area (Å²) in [6, 6.07) is 14.3. The molecule has 5 rings (SSSR count). The van der Waals surface area contributed by atoms with Crippen molar-refractivity contribution in [1.29, 1.82) is 5.26 Å². The largest absolute Gasteiger partial charge is 0.507 e. The van der Waals surface area contributed by atoms with E-state index >= 15 is 0 Å². The van der Waals surface area contributed by atoms with Crippen LogP contribution in [0.25, 0.3) is 22.5 Å². The van der Waals surface area contributed by atoms with Crippen LogP contribution in [0.5, 0.6) is 11.5 Å². The minimum atomic E-state index is -1.42. The maximum Gasteiger partial charge on any atom is 0.255 e. The number of phenols is 1. The third kappa shape index (κ3) is 11.8. The Hall–Kier alpha value is -6.90. The van der Waals surface area contributed by atoms with Crippen LogP contribution < -0.4 is 37.5 Å². The molecule has 0 spiro atoms. The predicted octanol–water partition coefficient (Wildman–Crippen LogP) is 3.04. The number of amides is 5. The van der Waals surface area contributed by atoms with Crippen molar-refractivity contribution in [3.63, 3.8) is 0 Å². The van der Waals surface area contributed by atoms with E-state index in [2.05, 4.69) is 50.3 Å². The number of hydrogen-bond acceptors (Lipinski definition) is 12. The molecule has 64 heavy (non-hydrogen) atoms. The van der Waals surface area contributed by atoms with Crippen molar-refractivity contribution in [3.05, 3.63) is 94.3 Å². The smallest absolute Gasteiger partial charge is 0.255 e. The molecule has 5 amide bonds. The second-order valence-electron chi connectivity index (χ2n) is 15.8. The fourth-order valence-electron chi connectivity index (χ4n) is 7.65. The van der Waals surface area contributed by atoms with Crippen molar-refractivity contribution >= 4 is 29.5 Å². The summed E-state index contributed by atoms with van der Waals surface area (Å²) in [7, 11) is 1.39. The standard InChI is InChI=1S/C47H58N10O7/c1-6-7-8-9-30-10-13-32(14-11-30)42-52-27(2)40(28(3)53-42)45(61)55-36(18-19-48)47(63)57(5)41-33-15-17-39(64-23-21-50)35(26-33)34-24-31(12-16-38(34)58)25-37(44(60)51-22-20-49)56-43(59)29(4)54-46(41)62/h10-17,24,26,29,36-37,41,58H,6-9,18-19,21-23,25,48,50H2,1-5H3,(H,51,60)(H,54,62)(H,55,61)(H,56,59). The van der Waals surface area contributed by atoms with Gasteiger partial charge in [0.25, 0.3) is 5.91 Å². The third-order valence-electron chi connectivity index (χ3n) is 11.0. The molecule has 4 aromatic rings. The van der Waals surface area contributed by atoms with E-state index in [1.54, 1.807) is 44.2 Å². The first-order valence-electron chi connectivity index (χ1n) is 21.5. The molecule has 1 aliphatic rings. The first kappa shape index (κ1) is 48.1. The van der Waals surface area contributed by atoms with Crippen molar-refractivity contribution < 1.29 is 33.8 Å². The molecule has 1 aliphatic heterocycles. The van der Waals surface area contributed by atoms with E-state index < -0.39 is 53.7 Å². The number of fused-ring (bicyclic) bond motifs is 5. The van der Waals surface area contributed by atoms with Gasteiger partial charge in [-0.15, -0.1) is 0 Å². The monoisotopic (exact) mass is 874 g/mol. The van der Waals surface area contributed by atoms with E-state index in [1.165, 1.54) is 25.6 Å². The Morgan fingerprint density at radius 2 is 1.69 bits per heavy atom. The molecule has 1 aromatic heterocycles. The van der Waals surface area contributed by atoms with Gasteiger partial charge in [0.15, 0.2) is 5.82 Å². The molecule has 0 saturated heterocycles. The Labute approximate surface area is 373 Å². The van der Waals surface area contributed by atoms with Crippen LogP contribution in [0, 0.1) is 25.2 Å². The highest BCUT2D eigenvalue weighted by Crippen LogP contribution is 2.39. The summed E-state index contributed by atoms with van der Waals surface area (Å²) >= 11 is 0. The highest BCUT2D eigenvalue weighted by atomic mass is 16.5. The molecular formula is C47H58N10O7. The Kier molecular flexibility index (Phi) is 16.9. The number of nitriles is 1. The number of aryl methyl sites for hydroxylation is 3. The van der Waals surface area contributed by atoms with E-state index in [-0.39, 0.29) is 61.5 Å². The van der Waals surface area contributed by atoms with E-state index in [9.17, 15) is 29.1 Å². The lowest BCUT2D eigenvalue weighted by Crippen LogP contribution is -2.56. The average molecular weight is 875 g/mol. The number of aromatic hydroxyl groups is 1. The van der Waals surface area contributed by atoms with Crippen molar-refractivity contribution in [2.45, 2.75) is 90.4 Å². The molecule has 0 aliphatic carbocycles. The summed E-state index contributed by atoms with van der Waals surface area (Å²) in [4.78, 5) is 80.4. The quantitative estimate of drug-likeness (QED) is 0.0633. The lowest BCUT2D eigenvalue weighted by atomic mass is 9.93. The Morgan fingerprint density at radius 3 is 2.34 bits per heavy atom. The van der Waals surface area contributed by atoms with Gasteiger partial charge in [-0.3, -0.25) is 24.0 Å². The number of rotatable bonds is 16. The summed E-state index contributed by atoms with van der Waals surface area (Å²) in [5.41, 5.74) is 16.2. The van der Waals surface area contributed by atoms with Crippen LogP contribution in [-0.2, 0) is 32.0 Å². The molecule has 338 valence electrons. The van der Waals surface area contributed by atoms with E-state index in [0.717, 1.165) is 36.1 Å². The second-order valence-corrected chi connectivity index (χ2v) is 15.8. The normalized spacial score (nSPS) is 16.6. The van der Waals surface area contributed by atoms with Crippen LogP contribution in [0.4, 0.5) is 0 Å². The molecule has 4 unspecified atom stereocenters. The zero-order valence-corrected chi connectivity index (χ0v) is 37.0. The summed E-state index contributed by atoms with van der Waals surface area (Å²) in [6.45, 7) is 6.95. The molecule has 0 radical (unpaired) electrons. The van der Waals surface area contributed by atoms with Crippen LogP contribution in [-0.4, -0.2) is 101 Å². The fraction of sp³-hybridized carbons (Fsp3) is 0.404. The molecule has 2 heterocycles. The van der Waals surface area contributed by atoms with Crippen molar-refractivity contribution in [3.8, 4) is 40.1 Å². The van der Waals surface area contributed by atoms with Gasteiger partial charge in [0.2, 0.25) is 23.6 Å². The second kappa shape index (κ2) is 22.5. The number of carbonyl (C=O) groups excluding carboxylic acids is 5. The van der Waals surface area contributed by atoms with Crippen LogP contribution in [0.2, 0.25) is 0 Å². The minimum absolute atomic E-state index is 0.00324. The number of nitrogens with zero attached hydrogens (tertiary/aromatic N) is 4. The molecule has 0 saturated carbocycles. The molecule has 0 fully saturated rings. The maximum atomic E-state index is 14.6. The first-order valence-corrected chi connectivity index (χ1v) is 21.5. The topological polar surface area (TPSA) is 268 Å². The number of nitrogens with two attached hydrogens (primary N) is 2. The molecule has 4 bridgehead atoms. The number of aromatic nitrogens is 2. The molecular weight excluding hydrogens is 817 g/mol. The summed E-state index contributed by atoms with van der Waals surface area (Å²) in [5.74, 6) is -2.82. The van der Waals surface area contributed by atoms with E-state index in [1.807, 2.05) is 18.2 Å². The Bertz CT molecular complexity index is 2360. The fourth-order valence-corrected chi connectivity index (χ4v) is 7.65. The van der Waals surface area contributed by atoms with Gasteiger partial charge in [-0.1, -0.05) is 56.2 Å². The summed E-state index contributed by atoms with van der Waals surface area (Å²) in [5, 5.41) is 30.9. The maximum absolute atomic E-state index is 14.6. The van der Waals surface area contributed by atoms with Crippen LogP contribution in [0.15, 0.2) is 60.7 Å². The number of carbonyl (C=O) groups is 5. The van der Waals surface area contributed by atoms with Gasteiger partial charge in [0.1, 0.15) is 48.8 Å².